The first-order valence-corrected chi connectivity index (χ1v) is 8.40. The van der Waals surface area contributed by atoms with Crippen LogP contribution in [0.2, 0.25) is 0 Å². The predicted octanol–water partition coefficient (Wildman–Crippen LogP) is 2.08. The average Bonchev–Trinajstić information content (AvgIpc) is 2.39. The van der Waals surface area contributed by atoms with E-state index in [1.165, 1.54) is 6.07 Å². The van der Waals surface area contributed by atoms with Crippen LogP contribution in [-0.2, 0) is 9.84 Å². The van der Waals surface area contributed by atoms with E-state index in [1.54, 1.807) is 18.2 Å². The van der Waals surface area contributed by atoms with Gasteiger partial charge in [0, 0.05) is 18.2 Å². The SMILES string of the molecule is CS(=O)(=O)c1ccccc1C(=O)CC1CCNCC1.Cl. The van der Waals surface area contributed by atoms with Crippen molar-refractivity contribution in [2.75, 3.05) is 19.3 Å². The lowest BCUT2D eigenvalue weighted by Gasteiger charge is -2.22. The molecule has 0 aromatic heterocycles. The van der Waals surface area contributed by atoms with E-state index in [0.717, 1.165) is 32.2 Å². The molecule has 6 heteroatoms. The highest BCUT2D eigenvalue weighted by atomic mass is 35.5. The molecular formula is C14H20ClNO3S. The van der Waals surface area contributed by atoms with Crippen LogP contribution in [0, 0.1) is 5.92 Å². The number of carbonyl (C=O) groups excluding carboxylic acids is 1. The number of rotatable bonds is 4. The second-order valence-electron chi connectivity index (χ2n) is 5.09. The predicted molar refractivity (Wildman–Crippen MR) is 81.3 cm³/mol. The first-order valence-electron chi connectivity index (χ1n) is 6.51. The number of ketones is 1. The van der Waals surface area contributed by atoms with Gasteiger partial charge >= 0.3 is 0 Å². The van der Waals surface area contributed by atoms with Crippen LogP contribution in [0.1, 0.15) is 29.6 Å². The van der Waals surface area contributed by atoms with E-state index in [9.17, 15) is 13.2 Å². The first kappa shape index (κ1) is 17.1. The molecule has 1 aromatic rings. The number of nitrogens with one attached hydrogen (secondary N) is 1. The number of halogens is 1. The molecule has 20 heavy (non-hydrogen) atoms. The molecule has 1 fully saturated rings. The van der Waals surface area contributed by atoms with Crippen molar-refractivity contribution >= 4 is 28.0 Å². The lowest BCUT2D eigenvalue weighted by molar-refractivity contribution is 0.0949. The van der Waals surface area contributed by atoms with Gasteiger partial charge in [0.05, 0.1) is 4.90 Å². The lowest BCUT2D eigenvalue weighted by Crippen LogP contribution is -2.29. The van der Waals surface area contributed by atoms with Gasteiger partial charge in [0.25, 0.3) is 0 Å². The summed E-state index contributed by atoms with van der Waals surface area (Å²) in [4.78, 5) is 12.4. The van der Waals surface area contributed by atoms with Gasteiger partial charge in [-0.05, 0) is 37.9 Å². The zero-order valence-corrected chi connectivity index (χ0v) is 13.1. The smallest absolute Gasteiger partial charge is 0.176 e. The number of hydrogen-bond acceptors (Lipinski definition) is 4. The summed E-state index contributed by atoms with van der Waals surface area (Å²) in [5.41, 5.74) is 0.337. The van der Waals surface area contributed by atoms with Gasteiger partial charge in [0.15, 0.2) is 15.6 Å². The minimum atomic E-state index is -3.35. The molecule has 0 spiro atoms. The minimum Gasteiger partial charge on any atom is -0.317 e. The Kier molecular flexibility index (Phi) is 6.17. The fourth-order valence-electron chi connectivity index (χ4n) is 2.48. The molecule has 1 heterocycles. The summed E-state index contributed by atoms with van der Waals surface area (Å²) < 4.78 is 23.4. The van der Waals surface area contributed by atoms with Gasteiger partial charge in [-0.25, -0.2) is 8.42 Å². The number of benzene rings is 1. The quantitative estimate of drug-likeness (QED) is 0.864. The lowest BCUT2D eigenvalue weighted by atomic mass is 9.90. The molecule has 1 aromatic carbocycles. The van der Waals surface area contributed by atoms with E-state index < -0.39 is 9.84 Å². The van der Waals surface area contributed by atoms with Crippen molar-refractivity contribution in [2.45, 2.75) is 24.2 Å². The van der Waals surface area contributed by atoms with E-state index in [4.69, 9.17) is 0 Å². The van der Waals surface area contributed by atoms with Crippen molar-refractivity contribution in [1.29, 1.82) is 0 Å². The fraction of sp³-hybridized carbons (Fsp3) is 0.500. The van der Waals surface area contributed by atoms with Crippen molar-refractivity contribution < 1.29 is 13.2 Å². The summed E-state index contributed by atoms with van der Waals surface area (Å²) in [6.07, 6.45) is 3.54. The van der Waals surface area contributed by atoms with E-state index in [2.05, 4.69) is 5.32 Å². The molecular weight excluding hydrogens is 298 g/mol. The Hall–Kier alpha value is -0.910. The Bertz CT molecular complexity index is 566. The maximum Gasteiger partial charge on any atom is 0.176 e. The molecule has 1 N–H and O–H groups in total. The van der Waals surface area contributed by atoms with Gasteiger partial charge in [-0.15, -0.1) is 12.4 Å². The summed E-state index contributed by atoms with van der Waals surface area (Å²) in [6.45, 7) is 1.87. The molecule has 0 bridgehead atoms. The largest absolute Gasteiger partial charge is 0.317 e. The molecule has 0 aliphatic carbocycles. The van der Waals surface area contributed by atoms with Crippen LogP contribution in [0.15, 0.2) is 29.2 Å². The van der Waals surface area contributed by atoms with Gasteiger partial charge in [0.2, 0.25) is 0 Å². The third-order valence-corrected chi connectivity index (χ3v) is 4.67. The molecule has 0 atom stereocenters. The summed E-state index contributed by atoms with van der Waals surface area (Å²) in [7, 11) is -3.35. The maximum absolute atomic E-state index is 12.3. The summed E-state index contributed by atoms with van der Waals surface area (Å²) in [6, 6.07) is 6.48. The molecule has 112 valence electrons. The molecule has 2 rings (SSSR count). The van der Waals surface area contributed by atoms with Crippen LogP contribution in [0.4, 0.5) is 0 Å². The third kappa shape index (κ3) is 4.30. The van der Waals surface area contributed by atoms with E-state index in [1.807, 2.05) is 0 Å². The highest BCUT2D eigenvalue weighted by Crippen LogP contribution is 2.22. The van der Waals surface area contributed by atoms with Crippen LogP contribution < -0.4 is 5.32 Å². The van der Waals surface area contributed by atoms with Crippen LogP contribution in [0.3, 0.4) is 0 Å². The van der Waals surface area contributed by atoms with Gasteiger partial charge in [-0.2, -0.15) is 0 Å². The topological polar surface area (TPSA) is 63.2 Å². The zero-order chi connectivity index (χ0) is 13.9. The Morgan fingerprint density at radius 3 is 2.45 bits per heavy atom. The van der Waals surface area contributed by atoms with Gasteiger partial charge in [0.1, 0.15) is 0 Å². The fourth-order valence-corrected chi connectivity index (χ4v) is 3.39. The Balaban J connectivity index is 0.00000200. The van der Waals surface area contributed by atoms with E-state index in [0.29, 0.717) is 17.9 Å². The number of Topliss-reactive ketones (excluding diaryl/α,β-unsaturated/α-hetero) is 1. The number of sulfone groups is 1. The monoisotopic (exact) mass is 317 g/mol. The molecule has 4 nitrogen and oxygen atoms in total. The standard InChI is InChI=1S/C14H19NO3S.ClH/c1-19(17,18)14-5-3-2-4-12(14)13(16)10-11-6-8-15-9-7-11;/h2-5,11,15H,6-10H2,1H3;1H. The normalized spacial score (nSPS) is 16.4. The third-order valence-electron chi connectivity index (χ3n) is 3.52. The molecule has 1 saturated heterocycles. The average molecular weight is 318 g/mol. The van der Waals surface area contributed by atoms with Crippen LogP contribution >= 0.6 is 12.4 Å². The highest BCUT2D eigenvalue weighted by Gasteiger charge is 2.22. The van der Waals surface area contributed by atoms with Crippen LogP contribution in [0.5, 0.6) is 0 Å². The summed E-state index contributed by atoms with van der Waals surface area (Å²) >= 11 is 0. The van der Waals surface area contributed by atoms with Crippen molar-refractivity contribution in [3.05, 3.63) is 29.8 Å². The Morgan fingerprint density at radius 2 is 1.85 bits per heavy atom. The molecule has 0 saturated carbocycles. The number of carbonyl (C=O) groups is 1. The van der Waals surface area contributed by atoms with E-state index >= 15 is 0 Å². The van der Waals surface area contributed by atoms with Gasteiger partial charge in [-0.1, -0.05) is 18.2 Å². The zero-order valence-electron chi connectivity index (χ0n) is 11.5. The van der Waals surface area contributed by atoms with Crippen molar-refractivity contribution in [3.63, 3.8) is 0 Å². The van der Waals surface area contributed by atoms with Gasteiger partial charge in [-0.3, -0.25) is 4.79 Å². The van der Waals surface area contributed by atoms with Crippen molar-refractivity contribution in [2.24, 2.45) is 5.92 Å². The van der Waals surface area contributed by atoms with Crippen molar-refractivity contribution in [1.82, 2.24) is 5.32 Å². The minimum absolute atomic E-state index is 0. The summed E-state index contributed by atoms with van der Waals surface area (Å²) in [5.74, 6) is 0.300. The molecule has 0 radical (unpaired) electrons. The summed E-state index contributed by atoms with van der Waals surface area (Å²) in [5, 5.41) is 3.26. The second kappa shape index (κ2) is 7.20. The molecule has 0 amide bonds. The maximum atomic E-state index is 12.3. The van der Waals surface area contributed by atoms with Crippen molar-refractivity contribution in [3.8, 4) is 0 Å². The number of hydrogen-bond donors (Lipinski definition) is 1. The van der Waals surface area contributed by atoms with Gasteiger partial charge < -0.3 is 5.32 Å². The van der Waals surface area contributed by atoms with E-state index in [-0.39, 0.29) is 23.1 Å². The highest BCUT2D eigenvalue weighted by molar-refractivity contribution is 7.90. The van der Waals surface area contributed by atoms with Crippen LogP contribution in [-0.4, -0.2) is 33.5 Å². The first-order chi connectivity index (χ1) is 8.98. The second-order valence-corrected chi connectivity index (χ2v) is 7.07. The molecule has 1 aliphatic rings. The number of piperidine rings is 1. The molecule has 1 aliphatic heterocycles. The Labute approximate surface area is 126 Å². The van der Waals surface area contributed by atoms with Crippen LogP contribution in [0.25, 0.3) is 0 Å². The Morgan fingerprint density at radius 1 is 1.25 bits per heavy atom. The molecule has 0 unspecified atom stereocenters.